The van der Waals surface area contributed by atoms with Crippen LogP contribution in [-0.2, 0) is 13.7 Å². The average molecular weight is 324 g/mol. The van der Waals surface area contributed by atoms with Gasteiger partial charge in [-0.25, -0.2) is 4.98 Å². The number of hydrogen-bond acceptors (Lipinski definition) is 4. The highest BCUT2D eigenvalue weighted by Crippen LogP contribution is 2.15. The molecule has 0 aliphatic heterocycles. The number of carbonyl (C=O) groups excluding carboxylic acids is 1. The highest BCUT2D eigenvalue weighted by Gasteiger charge is 2.04. The summed E-state index contributed by atoms with van der Waals surface area (Å²) in [6.45, 7) is 0.398. The Balaban J connectivity index is 1.60. The first-order valence-corrected chi connectivity index (χ1v) is 8.10. The van der Waals surface area contributed by atoms with E-state index in [1.54, 1.807) is 47.9 Å². The van der Waals surface area contributed by atoms with Crippen molar-refractivity contribution < 1.29 is 9.53 Å². The maximum absolute atomic E-state index is 12.1. The van der Waals surface area contributed by atoms with Crippen molar-refractivity contribution in [2.45, 2.75) is 6.61 Å². The maximum Gasteiger partial charge on any atom is 0.185 e. The summed E-state index contributed by atoms with van der Waals surface area (Å²) in [5.74, 6) is 1.54. The van der Waals surface area contributed by atoms with Crippen molar-refractivity contribution in [2.24, 2.45) is 7.05 Å². The molecule has 0 amide bonds. The van der Waals surface area contributed by atoms with Gasteiger partial charge in [0.2, 0.25) is 0 Å². The van der Waals surface area contributed by atoms with E-state index < -0.39 is 0 Å². The highest BCUT2D eigenvalue weighted by molar-refractivity contribution is 7.08. The molecule has 0 atom stereocenters. The van der Waals surface area contributed by atoms with Crippen LogP contribution in [0.4, 0.5) is 0 Å². The number of hydrogen-bond donors (Lipinski definition) is 0. The lowest BCUT2D eigenvalue weighted by Crippen LogP contribution is -2.03. The molecule has 0 saturated heterocycles. The highest BCUT2D eigenvalue weighted by atomic mass is 32.1. The Morgan fingerprint density at radius 2 is 2.13 bits per heavy atom. The first-order chi connectivity index (χ1) is 11.2. The van der Waals surface area contributed by atoms with Gasteiger partial charge in [0.25, 0.3) is 0 Å². The summed E-state index contributed by atoms with van der Waals surface area (Å²) < 4.78 is 7.58. The van der Waals surface area contributed by atoms with Gasteiger partial charge in [0, 0.05) is 25.0 Å². The molecular formula is C18H16N2O2S. The fourth-order valence-electron chi connectivity index (χ4n) is 2.04. The minimum atomic E-state index is -0.0214. The molecule has 1 aromatic carbocycles. The summed E-state index contributed by atoms with van der Waals surface area (Å²) >= 11 is 1.61. The zero-order valence-electron chi connectivity index (χ0n) is 12.7. The Morgan fingerprint density at radius 3 is 2.78 bits per heavy atom. The lowest BCUT2D eigenvalue weighted by molar-refractivity contribution is 0.104. The van der Waals surface area contributed by atoms with Gasteiger partial charge in [0.05, 0.1) is 0 Å². The molecule has 5 heteroatoms. The number of benzene rings is 1. The van der Waals surface area contributed by atoms with E-state index in [-0.39, 0.29) is 5.78 Å². The molecule has 0 bridgehead atoms. The van der Waals surface area contributed by atoms with Gasteiger partial charge in [-0.3, -0.25) is 4.79 Å². The van der Waals surface area contributed by atoms with Crippen LogP contribution in [-0.4, -0.2) is 15.3 Å². The first kappa shape index (κ1) is 15.2. The third-order valence-electron chi connectivity index (χ3n) is 3.40. The number of ether oxygens (including phenoxy) is 1. The van der Waals surface area contributed by atoms with Crippen molar-refractivity contribution in [3.05, 3.63) is 76.5 Å². The Morgan fingerprint density at radius 1 is 1.30 bits per heavy atom. The Labute approximate surface area is 138 Å². The monoisotopic (exact) mass is 324 g/mol. The van der Waals surface area contributed by atoms with Crippen LogP contribution in [0.3, 0.4) is 0 Å². The molecule has 0 spiro atoms. The molecule has 23 heavy (non-hydrogen) atoms. The average Bonchev–Trinajstić information content (AvgIpc) is 3.23. The second kappa shape index (κ2) is 7.07. The molecule has 3 rings (SSSR count). The summed E-state index contributed by atoms with van der Waals surface area (Å²) in [4.78, 5) is 16.3. The van der Waals surface area contributed by atoms with Gasteiger partial charge < -0.3 is 9.30 Å². The van der Waals surface area contributed by atoms with Gasteiger partial charge in [0.15, 0.2) is 5.78 Å². The number of rotatable bonds is 6. The molecule has 3 aromatic rings. The SMILES string of the molecule is Cn1ccnc1COc1ccc(C(=O)/C=C/c2ccsc2)cc1. The van der Waals surface area contributed by atoms with Crippen molar-refractivity contribution in [2.75, 3.05) is 0 Å². The zero-order chi connectivity index (χ0) is 16.1. The molecule has 4 nitrogen and oxygen atoms in total. The van der Waals surface area contributed by atoms with Gasteiger partial charge in [-0.05, 0) is 52.7 Å². The van der Waals surface area contributed by atoms with Crippen molar-refractivity contribution in [1.82, 2.24) is 9.55 Å². The number of imidazole rings is 1. The van der Waals surface area contributed by atoms with Crippen LogP contribution in [0.5, 0.6) is 5.75 Å². The fourth-order valence-corrected chi connectivity index (χ4v) is 2.67. The summed E-state index contributed by atoms with van der Waals surface area (Å²) in [5, 5.41) is 3.98. The molecule has 0 N–H and O–H groups in total. The third kappa shape index (κ3) is 3.96. The number of aryl methyl sites for hydroxylation is 1. The van der Waals surface area contributed by atoms with E-state index in [2.05, 4.69) is 4.98 Å². The van der Waals surface area contributed by atoms with E-state index in [9.17, 15) is 4.79 Å². The molecule has 0 unspecified atom stereocenters. The Hall–Kier alpha value is -2.66. The van der Waals surface area contributed by atoms with E-state index in [4.69, 9.17) is 4.74 Å². The van der Waals surface area contributed by atoms with Crippen LogP contribution in [0, 0.1) is 0 Å². The molecule has 2 aromatic heterocycles. The molecule has 0 aliphatic rings. The van der Waals surface area contributed by atoms with Crippen LogP contribution in [0.15, 0.2) is 59.6 Å². The Bertz CT molecular complexity index is 802. The van der Waals surface area contributed by atoms with E-state index in [0.29, 0.717) is 17.9 Å². The molecule has 0 fully saturated rings. The van der Waals surface area contributed by atoms with Gasteiger partial charge in [-0.1, -0.05) is 6.08 Å². The van der Waals surface area contributed by atoms with Crippen molar-refractivity contribution in [3.8, 4) is 5.75 Å². The normalized spacial score (nSPS) is 11.0. The summed E-state index contributed by atoms with van der Waals surface area (Å²) in [7, 11) is 1.92. The number of ketones is 1. The number of allylic oxidation sites excluding steroid dienone is 1. The Kier molecular flexibility index (Phi) is 4.68. The second-order valence-electron chi connectivity index (χ2n) is 5.02. The molecule has 0 saturated carbocycles. The third-order valence-corrected chi connectivity index (χ3v) is 4.10. The summed E-state index contributed by atoms with van der Waals surface area (Å²) in [6.07, 6.45) is 7.02. The van der Waals surface area contributed by atoms with Crippen LogP contribution in [0.1, 0.15) is 21.7 Å². The van der Waals surface area contributed by atoms with Gasteiger partial charge in [-0.2, -0.15) is 11.3 Å². The summed E-state index contributed by atoms with van der Waals surface area (Å²) in [5.41, 5.74) is 1.68. The number of aromatic nitrogens is 2. The van der Waals surface area contributed by atoms with E-state index in [1.807, 2.05) is 40.7 Å². The van der Waals surface area contributed by atoms with E-state index >= 15 is 0 Å². The zero-order valence-corrected chi connectivity index (χ0v) is 13.5. The largest absolute Gasteiger partial charge is 0.486 e. The standard InChI is InChI=1S/C18H16N2O2S/c1-20-10-9-19-18(20)12-22-16-5-3-15(4-6-16)17(21)7-2-14-8-11-23-13-14/h2-11,13H,12H2,1H3/b7-2+. The van der Waals surface area contributed by atoms with Crippen LogP contribution in [0.2, 0.25) is 0 Å². The smallest absolute Gasteiger partial charge is 0.185 e. The molecule has 0 aliphatic carbocycles. The van der Waals surface area contributed by atoms with Gasteiger partial charge in [0.1, 0.15) is 18.2 Å². The van der Waals surface area contributed by atoms with Crippen LogP contribution < -0.4 is 4.74 Å². The second-order valence-corrected chi connectivity index (χ2v) is 5.80. The van der Waals surface area contributed by atoms with Gasteiger partial charge >= 0.3 is 0 Å². The molecule has 116 valence electrons. The van der Waals surface area contributed by atoms with Gasteiger partial charge in [-0.15, -0.1) is 0 Å². The van der Waals surface area contributed by atoms with Crippen molar-refractivity contribution >= 4 is 23.2 Å². The van der Waals surface area contributed by atoms with E-state index in [1.165, 1.54) is 0 Å². The molecular weight excluding hydrogens is 308 g/mol. The van der Waals surface area contributed by atoms with Crippen molar-refractivity contribution in [3.63, 3.8) is 0 Å². The van der Waals surface area contributed by atoms with Crippen molar-refractivity contribution in [1.29, 1.82) is 0 Å². The number of nitrogens with zero attached hydrogens (tertiary/aromatic N) is 2. The quantitative estimate of drug-likeness (QED) is 0.509. The van der Waals surface area contributed by atoms with E-state index in [0.717, 1.165) is 11.4 Å². The minimum Gasteiger partial charge on any atom is -0.486 e. The van der Waals surface area contributed by atoms with Crippen LogP contribution in [0.25, 0.3) is 6.08 Å². The fraction of sp³-hybridized carbons (Fsp3) is 0.111. The lowest BCUT2D eigenvalue weighted by atomic mass is 10.1. The van der Waals surface area contributed by atoms with Crippen LogP contribution >= 0.6 is 11.3 Å². The predicted molar refractivity (Wildman–Crippen MR) is 91.7 cm³/mol. The predicted octanol–water partition coefficient (Wildman–Crippen LogP) is 3.96. The number of thiophene rings is 1. The molecule has 0 radical (unpaired) electrons. The first-order valence-electron chi connectivity index (χ1n) is 7.16. The summed E-state index contributed by atoms with van der Waals surface area (Å²) in [6, 6.07) is 9.12. The number of carbonyl (C=O) groups is 1. The molecule has 2 heterocycles. The minimum absolute atomic E-state index is 0.0214. The topological polar surface area (TPSA) is 44.1 Å². The maximum atomic E-state index is 12.1. The lowest BCUT2D eigenvalue weighted by Gasteiger charge is -2.06.